The van der Waals surface area contributed by atoms with Crippen molar-refractivity contribution in [2.45, 2.75) is 51.1 Å². The number of nitrogens with zero attached hydrogens (tertiary/aromatic N) is 1. The fourth-order valence-corrected chi connectivity index (χ4v) is 4.96. The highest BCUT2D eigenvalue weighted by atomic mass is 19.1. The quantitative estimate of drug-likeness (QED) is 0.617. The molecule has 0 spiro atoms. The number of rotatable bonds is 7. The number of anilines is 1. The number of ether oxygens (including phenoxy) is 2. The Kier molecular flexibility index (Phi) is 7.45. The summed E-state index contributed by atoms with van der Waals surface area (Å²) in [4.78, 5) is 40.0. The standard InChI is InChI=1S/C26H29FN2O5/c1-2-33-24(30)16-34-21-8-5-7-20(15-21)28-25(31)23-14-18-6-3-4-9-22(18)29(23)26(32)17-10-12-19(27)13-11-17/h5,7-8,10-13,15,18,22-23H,2-4,6,9,14,16H2,1H3,(H,28,31)/t18-,22-,23+/m0/s1. The second kappa shape index (κ2) is 10.7. The SMILES string of the molecule is CCOC(=O)COc1cccc(NC(=O)[C@H]2C[C@@H]3CCCC[C@@H]3N2C(=O)c2ccc(F)cc2)c1. The van der Waals surface area contributed by atoms with Crippen LogP contribution in [-0.4, -0.2) is 48.0 Å². The summed E-state index contributed by atoms with van der Waals surface area (Å²) in [6.07, 6.45) is 4.55. The zero-order chi connectivity index (χ0) is 24.1. The minimum Gasteiger partial charge on any atom is -0.482 e. The molecule has 2 fully saturated rings. The van der Waals surface area contributed by atoms with E-state index in [4.69, 9.17) is 9.47 Å². The number of amides is 2. The number of carbonyl (C=O) groups excluding carboxylic acids is 3. The third-order valence-corrected chi connectivity index (χ3v) is 6.48. The maximum Gasteiger partial charge on any atom is 0.344 e. The number of halogens is 1. The Morgan fingerprint density at radius 2 is 1.85 bits per heavy atom. The second-order valence-corrected chi connectivity index (χ2v) is 8.69. The Balaban J connectivity index is 1.49. The average Bonchev–Trinajstić information content (AvgIpc) is 3.23. The van der Waals surface area contributed by atoms with E-state index in [-0.39, 0.29) is 37.0 Å². The highest BCUT2D eigenvalue weighted by Gasteiger charge is 2.47. The molecule has 0 radical (unpaired) electrons. The lowest BCUT2D eigenvalue weighted by Gasteiger charge is -2.33. The second-order valence-electron chi connectivity index (χ2n) is 8.69. The summed E-state index contributed by atoms with van der Waals surface area (Å²) < 4.78 is 23.7. The molecule has 1 saturated heterocycles. The summed E-state index contributed by atoms with van der Waals surface area (Å²) in [5.41, 5.74) is 0.884. The van der Waals surface area contributed by atoms with E-state index < -0.39 is 17.8 Å². The van der Waals surface area contributed by atoms with Crippen molar-refractivity contribution in [2.75, 3.05) is 18.5 Å². The van der Waals surface area contributed by atoms with Gasteiger partial charge in [0.25, 0.3) is 5.91 Å². The minimum atomic E-state index is -0.616. The Morgan fingerprint density at radius 1 is 1.09 bits per heavy atom. The van der Waals surface area contributed by atoms with Crippen molar-refractivity contribution in [3.8, 4) is 5.75 Å². The Morgan fingerprint density at radius 3 is 2.62 bits per heavy atom. The van der Waals surface area contributed by atoms with Crippen molar-refractivity contribution in [1.29, 1.82) is 0 Å². The van der Waals surface area contributed by atoms with E-state index in [0.717, 1.165) is 25.7 Å². The van der Waals surface area contributed by atoms with Gasteiger partial charge in [0.05, 0.1) is 6.61 Å². The molecule has 2 aliphatic rings. The lowest BCUT2D eigenvalue weighted by molar-refractivity contribution is -0.145. The molecule has 2 amide bonds. The van der Waals surface area contributed by atoms with Crippen LogP contribution >= 0.6 is 0 Å². The van der Waals surface area contributed by atoms with Crippen molar-refractivity contribution in [3.63, 3.8) is 0 Å². The molecule has 180 valence electrons. The van der Waals surface area contributed by atoms with Crippen LogP contribution in [0.5, 0.6) is 5.75 Å². The third-order valence-electron chi connectivity index (χ3n) is 6.48. The lowest BCUT2D eigenvalue weighted by atomic mass is 9.84. The zero-order valence-corrected chi connectivity index (χ0v) is 19.2. The van der Waals surface area contributed by atoms with Crippen LogP contribution in [0, 0.1) is 11.7 Å². The van der Waals surface area contributed by atoms with Crippen LogP contribution < -0.4 is 10.1 Å². The summed E-state index contributed by atoms with van der Waals surface area (Å²) in [5.74, 6) is -0.708. The monoisotopic (exact) mass is 468 g/mol. The predicted molar refractivity (Wildman–Crippen MR) is 124 cm³/mol. The van der Waals surface area contributed by atoms with E-state index in [2.05, 4.69) is 5.32 Å². The number of carbonyl (C=O) groups is 3. The van der Waals surface area contributed by atoms with Crippen LogP contribution in [0.2, 0.25) is 0 Å². The first-order valence-corrected chi connectivity index (χ1v) is 11.7. The highest BCUT2D eigenvalue weighted by Crippen LogP contribution is 2.41. The third kappa shape index (κ3) is 5.38. The molecule has 4 rings (SSSR count). The van der Waals surface area contributed by atoms with Crippen LogP contribution in [0.4, 0.5) is 10.1 Å². The van der Waals surface area contributed by atoms with Crippen LogP contribution in [0.1, 0.15) is 49.4 Å². The van der Waals surface area contributed by atoms with Gasteiger partial charge in [-0.05, 0) is 68.5 Å². The van der Waals surface area contributed by atoms with Crippen LogP contribution in [-0.2, 0) is 14.3 Å². The van der Waals surface area contributed by atoms with Gasteiger partial charge in [-0.15, -0.1) is 0 Å². The van der Waals surface area contributed by atoms with Gasteiger partial charge >= 0.3 is 5.97 Å². The average molecular weight is 469 g/mol. The lowest BCUT2D eigenvalue weighted by Crippen LogP contribution is -2.47. The molecule has 1 saturated carbocycles. The fourth-order valence-electron chi connectivity index (χ4n) is 4.96. The van der Waals surface area contributed by atoms with Gasteiger partial charge in [-0.2, -0.15) is 0 Å². The zero-order valence-electron chi connectivity index (χ0n) is 19.2. The first-order valence-electron chi connectivity index (χ1n) is 11.7. The topological polar surface area (TPSA) is 84.9 Å². The van der Waals surface area contributed by atoms with Crippen molar-refractivity contribution in [1.82, 2.24) is 4.90 Å². The summed E-state index contributed by atoms with van der Waals surface area (Å²) >= 11 is 0. The molecule has 0 bridgehead atoms. The van der Waals surface area contributed by atoms with Crippen LogP contribution in [0.15, 0.2) is 48.5 Å². The molecule has 1 heterocycles. The molecular weight excluding hydrogens is 439 g/mol. The summed E-state index contributed by atoms with van der Waals surface area (Å²) in [7, 11) is 0. The van der Waals surface area contributed by atoms with E-state index in [9.17, 15) is 18.8 Å². The maximum atomic E-state index is 13.4. The molecule has 8 heteroatoms. The number of esters is 1. The predicted octanol–water partition coefficient (Wildman–Crippen LogP) is 4.18. The van der Waals surface area contributed by atoms with Crippen molar-refractivity contribution in [2.24, 2.45) is 5.92 Å². The van der Waals surface area contributed by atoms with Gasteiger partial charge in [-0.25, -0.2) is 9.18 Å². The minimum absolute atomic E-state index is 0.00120. The Bertz CT molecular complexity index is 1040. The molecule has 3 atom stereocenters. The molecular formula is C26H29FN2O5. The number of benzene rings is 2. The molecule has 2 aromatic rings. The summed E-state index contributed by atoms with van der Waals surface area (Å²) in [6.45, 7) is 1.77. The molecule has 0 unspecified atom stereocenters. The Hall–Kier alpha value is -3.42. The largest absolute Gasteiger partial charge is 0.482 e. The van der Waals surface area contributed by atoms with Crippen LogP contribution in [0.3, 0.4) is 0 Å². The first kappa shape index (κ1) is 23.7. The van der Waals surface area contributed by atoms with E-state index >= 15 is 0 Å². The number of hydrogen-bond donors (Lipinski definition) is 1. The molecule has 1 aliphatic carbocycles. The molecule has 0 aromatic heterocycles. The van der Waals surface area contributed by atoms with Gasteiger partial charge < -0.3 is 19.7 Å². The summed E-state index contributed by atoms with van der Waals surface area (Å²) in [5, 5.41) is 2.90. The van der Waals surface area contributed by atoms with Gasteiger partial charge in [0, 0.05) is 23.4 Å². The van der Waals surface area contributed by atoms with Gasteiger partial charge in [-0.1, -0.05) is 18.9 Å². The van der Waals surface area contributed by atoms with Gasteiger partial charge in [-0.3, -0.25) is 9.59 Å². The molecule has 1 aliphatic heterocycles. The summed E-state index contributed by atoms with van der Waals surface area (Å²) in [6, 6.07) is 11.6. The van der Waals surface area contributed by atoms with E-state index in [1.165, 1.54) is 24.3 Å². The van der Waals surface area contributed by atoms with Crippen molar-refractivity contribution < 1.29 is 28.2 Å². The fraction of sp³-hybridized carbons (Fsp3) is 0.423. The van der Waals surface area contributed by atoms with Gasteiger partial charge in [0.2, 0.25) is 5.91 Å². The van der Waals surface area contributed by atoms with Crippen molar-refractivity contribution >= 4 is 23.5 Å². The molecule has 7 nitrogen and oxygen atoms in total. The van der Waals surface area contributed by atoms with E-state index in [1.54, 1.807) is 36.1 Å². The van der Waals surface area contributed by atoms with E-state index in [0.29, 0.717) is 23.4 Å². The number of nitrogens with one attached hydrogen (secondary N) is 1. The molecule has 2 aromatic carbocycles. The highest BCUT2D eigenvalue weighted by molar-refractivity contribution is 6.02. The molecule has 1 N–H and O–H groups in total. The normalized spacial score (nSPS) is 21.5. The Labute approximate surface area is 198 Å². The molecule has 34 heavy (non-hydrogen) atoms. The first-order chi connectivity index (χ1) is 16.5. The maximum absolute atomic E-state index is 13.4. The van der Waals surface area contributed by atoms with E-state index in [1.807, 2.05) is 0 Å². The van der Waals surface area contributed by atoms with Crippen LogP contribution in [0.25, 0.3) is 0 Å². The number of hydrogen-bond acceptors (Lipinski definition) is 5. The number of fused-ring (bicyclic) bond motifs is 1. The number of likely N-dealkylation sites (tertiary alicyclic amines) is 1. The van der Waals surface area contributed by atoms with Gasteiger partial charge in [0.15, 0.2) is 6.61 Å². The smallest absolute Gasteiger partial charge is 0.344 e. The van der Waals surface area contributed by atoms with Crippen molar-refractivity contribution in [3.05, 3.63) is 59.9 Å². The van der Waals surface area contributed by atoms with Gasteiger partial charge in [0.1, 0.15) is 17.6 Å².